The van der Waals surface area contributed by atoms with Gasteiger partial charge in [0.2, 0.25) is 0 Å². The second kappa shape index (κ2) is 7.05. The number of aromatic nitrogens is 3. The van der Waals surface area contributed by atoms with E-state index in [4.69, 9.17) is 13.9 Å². The van der Waals surface area contributed by atoms with Gasteiger partial charge in [0.05, 0.1) is 43.6 Å². The Morgan fingerprint density at radius 1 is 1.00 bits per heavy atom. The summed E-state index contributed by atoms with van der Waals surface area (Å²) in [7, 11) is 6.26. The highest BCUT2D eigenvalue weighted by Gasteiger charge is 2.21. The van der Waals surface area contributed by atoms with Crippen molar-refractivity contribution in [2.75, 3.05) is 14.2 Å². The minimum atomic E-state index is -0.378. The van der Waals surface area contributed by atoms with E-state index in [1.165, 1.54) is 11.6 Å². The largest absolute Gasteiger partial charge is 0.493 e. The summed E-state index contributed by atoms with van der Waals surface area (Å²) in [5.74, 6) is 1.87. The highest BCUT2D eigenvalue weighted by Crippen LogP contribution is 2.35. The monoisotopic (exact) mass is 395 g/mol. The van der Waals surface area contributed by atoms with Crippen molar-refractivity contribution in [2.24, 2.45) is 14.1 Å². The van der Waals surface area contributed by atoms with Crippen molar-refractivity contribution in [2.45, 2.75) is 6.54 Å². The summed E-state index contributed by atoms with van der Waals surface area (Å²) in [5.41, 5.74) is 1.26. The van der Waals surface area contributed by atoms with E-state index in [0.29, 0.717) is 34.6 Å². The molecule has 0 bridgehead atoms. The first-order valence-electron chi connectivity index (χ1n) is 9.00. The lowest BCUT2D eigenvalue weighted by Gasteiger charge is -2.12. The van der Waals surface area contributed by atoms with Crippen LogP contribution in [-0.4, -0.2) is 27.9 Å². The van der Waals surface area contributed by atoms with Gasteiger partial charge in [-0.05, 0) is 30.3 Å². The molecule has 0 aliphatic heterocycles. The molecule has 0 aliphatic rings. The first-order valence-corrected chi connectivity index (χ1v) is 9.00. The maximum atomic E-state index is 13.0. The molecule has 0 atom stereocenters. The molecule has 4 rings (SSSR count). The molecule has 3 heterocycles. The van der Waals surface area contributed by atoms with Crippen molar-refractivity contribution in [1.29, 1.82) is 0 Å². The van der Waals surface area contributed by atoms with E-state index in [1.807, 2.05) is 28.8 Å². The molecule has 0 unspecified atom stereocenters. The molecule has 0 N–H and O–H groups in total. The molecule has 29 heavy (non-hydrogen) atoms. The minimum Gasteiger partial charge on any atom is -0.493 e. The lowest BCUT2D eigenvalue weighted by atomic mass is 10.1. The van der Waals surface area contributed by atoms with Gasteiger partial charge in [-0.25, -0.2) is 4.79 Å². The molecule has 0 fully saturated rings. The number of aryl methyl sites for hydroxylation is 1. The number of nitrogens with zero attached hydrogens (tertiary/aromatic N) is 3. The zero-order valence-corrected chi connectivity index (χ0v) is 16.6. The van der Waals surface area contributed by atoms with E-state index in [2.05, 4.69) is 0 Å². The third kappa shape index (κ3) is 2.93. The van der Waals surface area contributed by atoms with Crippen LogP contribution in [0.25, 0.3) is 22.2 Å². The molecule has 1 aromatic carbocycles. The zero-order valence-electron chi connectivity index (χ0n) is 16.6. The van der Waals surface area contributed by atoms with E-state index in [9.17, 15) is 9.59 Å². The molecule has 0 saturated heterocycles. The number of ether oxygens (including phenoxy) is 2. The third-order valence-electron chi connectivity index (χ3n) is 5.08. The SMILES string of the molecule is COc1ccc(-c2c3c(=O)n(C)c(=O)n(C)c3cn2Cc2ccco2)cc1OC. The van der Waals surface area contributed by atoms with Crippen LogP contribution in [0.3, 0.4) is 0 Å². The molecule has 0 aliphatic carbocycles. The van der Waals surface area contributed by atoms with Crippen molar-refractivity contribution in [3.63, 3.8) is 0 Å². The molecule has 0 radical (unpaired) electrons. The van der Waals surface area contributed by atoms with Crippen molar-refractivity contribution in [3.8, 4) is 22.8 Å². The molecule has 8 heteroatoms. The Bertz CT molecular complexity index is 1310. The normalized spacial score (nSPS) is 11.2. The van der Waals surface area contributed by atoms with Gasteiger partial charge in [-0.1, -0.05) is 0 Å². The van der Waals surface area contributed by atoms with Gasteiger partial charge >= 0.3 is 5.69 Å². The maximum Gasteiger partial charge on any atom is 0.330 e. The van der Waals surface area contributed by atoms with E-state index in [-0.39, 0.29) is 11.2 Å². The highest BCUT2D eigenvalue weighted by atomic mass is 16.5. The van der Waals surface area contributed by atoms with E-state index >= 15 is 0 Å². The quantitative estimate of drug-likeness (QED) is 0.518. The summed E-state index contributed by atoms with van der Waals surface area (Å²) in [6, 6.07) is 9.14. The summed E-state index contributed by atoms with van der Waals surface area (Å²) in [6.45, 7) is 0.405. The van der Waals surface area contributed by atoms with Crippen LogP contribution in [0.15, 0.2) is 56.8 Å². The predicted octanol–water partition coefficient (Wildman–Crippen LogP) is 2.36. The number of fused-ring (bicyclic) bond motifs is 1. The molecule has 4 aromatic rings. The molecule has 0 spiro atoms. The van der Waals surface area contributed by atoms with Gasteiger partial charge in [0.1, 0.15) is 5.76 Å². The summed E-state index contributed by atoms with van der Waals surface area (Å²) in [5, 5.41) is 0.452. The minimum absolute atomic E-state index is 0.355. The Labute approximate surface area is 166 Å². The van der Waals surface area contributed by atoms with Crippen LogP contribution in [0.1, 0.15) is 5.76 Å². The summed E-state index contributed by atoms with van der Waals surface area (Å²) < 4.78 is 20.8. The van der Waals surface area contributed by atoms with Gasteiger partial charge in [0.15, 0.2) is 11.5 Å². The second-order valence-electron chi connectivity index (χ2n) is 6.72. The number of hydrogen-bond acceptors (Lipinski definition) is 5. The summed E-state index contributed by atoms with van der Waals surface area (Å²) >= 11 is 0. The third-order valence-corrected chi connectivity index (χ3v) is 5.08. The zero-order chi connectivity index (χ0) is 20.7. The topological polar surface area (TPSA) is 80.5 Å². The average molecular weight is 395 g/mol. The van der Waals surface area contributed by atoms with Crippen molar-refractivity contribution < 1.29 is 13.9 Å². The predicted molar refractivity (Wildman–Crippen MR) is 109 cm³/mol. The van der Waals surface area contributed by atoms with Crippen molar-refractivity contribution in [3.05, 3.63) is 69.4 Å². The van der Waals surface area contributed by atoms with Gasteiger partial charge in [0, 0.05) is 25.9 Å². The average Bonchev–Trinajstić information content (AvgIpc) is 3.38. The van der Waals surface area contributed by atoms with Crippen LogP contribution in [0, 0.1) is 0 Å². The Hall–Kier alpha value is -3.68. The molecule has 3 aromatic heterocycles. The highest BCUT2D eigenvalue weighted by molar-refractivity contribution is 5.94. The number of furan rings is 1. The fraction of sp³-hybridized carbons (Fsp3) is 0.238. The lowest BCUT2D eigenvalue weighted by Crippen LogP contribution is -2.36. The molecule has 150 valence electrons. The van der Waals surface area contributed by atoms with Gasteiger partial charge < -0.3 is 18.5 Å². The Morgan fingerprint density at radius 3 is 2.41 bits per heavy atom. The molecule has 8 nitrogen and oxygen atoms in total. The standard InChI is InChI=1S/C21H21N3O5/c1-22-15-12-24(11-14-6-5-9-29-14)19(18(15)20(25)23(2)21(22)26)13-7-8-16(27-3)17(10-13)28-4/h5-10,12H,11H2,1-4H3. The Morgan fingerprint density at radius 2 is 1.76 bits per heavy atom. The summed E-state index contributed by atoms with van der Waals surface area (Å²) in [4.78, 5) is 25.5. The van der Waals surface area contributed by atoms with Crippen molar-refractivity contribution >= 4 is 10.9 Å². The molecule has 0 amide bonds. The summed E-state index contributed by atoms with van der Waals surface area (Å²) in [6.07, 6.45) is 3.40. The molecular weight excluding hydrogens is 374 g/mol. The van der Waals surface area contributed by atoms with Crippen molar-refractivity contribution in [1.82, 2.24) is 13.7 Å². The van der Waals surface area contributed by atoms with Crippen LogP contribution < -0.4 is 20.7 Å². The number of methoxy groups -OCH3 is 2. The first-order chi connectivity index (χ1) is 14.0. The van der Waals surface area contributed by atoms with E-state index in [0.717, 1.165) is 15.9 Å². The van der Waals surface area contributed by atoms with Gasteiger partial charge in [0.25, 0.3) is 5.56 Å². The molecular formula is C21H21N3O5. The van der Waals surface area contributed by atoms with Gasteiger partial charge in [-0.15, -0.1) is 0 Å². The van der Waals surface area contributed by atoms with Gasteiger partial charge in [-0.3, -0.25) is 13.9 Å². The smallest absolute Gasteiger partial charge is 0.330 e. The number of benzene rings is 1. The van der Waals surface area contributed by atoms with E-state index in [1.54, 1.807) is 39.8 Å². The van der Waals surface area contributed by atoms with E-state index < -0.39 is 0 Å². The van der Waals surface area contributed by atoms with Crippen LogP contribution in [0.5, 0.6) is 11.5 Å². The lowest BCUT2D eigenvalue weighted by molar-refractivity contribution is 0.355. The van der Waals surface area contributed by atoms with Crippen LogP contribution in [0.4, 0.5) is 0 Å². The Kier molecular flexibility index (Phi) is 4.54. The fourth-order valence-corrected chi connectivity index (χ4v) is 3.58. The van der Waals surface area contributed by atoms with Crippen LogP contribution in [0.2, 0.25) is 0 Å². The maximum absolute atomic E-state index is 13.0. The molecule has 0 saturated carbocycles. The first kappa shape index (κ1) is 18.7. The van der Waals surface area contributed by atoms with Crippen LogP contribution in [-0.2, 0) is 20.6 Å². The number of hydrogen-bond donors (Lipinski definition) is 0. The number of rotatable bonds is 5. The second-order valence-corrected chi connectivity index (χ2v) is 6.72. The Balaban J connectivity index is 2.07. The fourth-order valence-electron chi connectivity index (χ4n) is 3.58. The van der Waals surface area contributed by atoms with Crippen LogP contribution >= 0.6 is 0 Å². The van der Waals surface area contributed by atoms with Gasteiger partial charge in [-0.2, -0.15) is 0 Å².